The van der Waals surface area contributed by atoms with Crippen LogP contribution in [0, 0.1) is 0 Å². The van der Waals surface area contributed by atoms with E-state index in [1.165, 1.54) is 23.1 Å². The average Bonchev–Trinajstić information content (AvgIpc) is 2.86. The summed E-state index contributed by atoms with van der Waals surface area (Å²) >= 11 is 2.92. The maximum atomic E-state index is 11.9. The van der Waals surface area contributed by atoms with Crippen LogP contribution in [0.4, 0.5) is 5.13 Å². The summed E-state index contributed by atoms with van der Waals surface area (Å²) < 4.78 is 0.822. The first kappa shape index (κ1) is 13.0. The van der Waals surface area contributed by atoms with Crippen molar-refractivity contribution in [1.82, 2.24) is 10.2 Å². The Kier molecular flexibility index (Phi) is 4.33. The molecule has 0 saturated carbocycles. The van der Waals surface area contributed by atoms with E-state index >= 15 is 0 Å². The molecule has 4 nitrogen and oxygen atoms in total. The summed E-state index contributed by atoms with van der Waals surface area (Å²) in [5, 5.41) is 8.92. The van der Waals surface area contributed by atoms with Crippen LogP contribution < -0.4 is 4.90 Å². The van der Waals surface area contributed by atoms with Gasteiger partial charge in [-0.3, -0.25) is 4.79 Å². The molecule has 0 unspecified atom stereocenters. The molecule has 94 valence electrons. The molecule has 0 aliphatic heterocycles. The van der Waals surface area contributed by atoms with Crippen LogP contribution in [0.25, 0.3) is 0 Å². The van der Waals surface area contributed by atoms with Crippen molar-refractivity contribution in [3.05, 3.63) is 35.9 Å². The smallest absolute Gasteiger partial charge is 0.208 e. The summed E-state index contributed by atoms with van der Waals surface area (Å²) in [5.74, 6) is 0.508. The molecule has 0 fully saturated rings. The second-order valence-corrected chi connectivity index (χ2v) is 6.00. The number of carbonyl (C=O) groups is 1. The van der Waals surface area contributed by atoms with E-state index in [2.05, 4.69) is 10.2 Å². The van der Waals surface area contributed by atoms with Gasteiger partial charge in [-0.2, -0.15) is 0 Å². The molecule has 2 rings (SSSR count). The Morgan fingerprint density at radius 1 is 1.28 bits per heavy atom. The number of Topliss-reactive ketones (excluding diaryl/α,β-unsaturated/α-hetero) is 1. The van der Waals surface area contributed by atoms with Crippen LogP contribution >= 0.6 is 23.1 Å². The molecule has 1 heterocycles. The monoisotopic (exact) mass is 279 g/mol. The summed E-state index contributed by atoms with van der Waals surface area (Å²) in [5.41, 5.74) is 0.738. The standard InChI is InChI=1S/C12H13N3OS2/c1-15(2)11-13-14-12(18-11)17-8-10(16)9-6-4-3-5-7-9/h3-7H,8H2,1-2H3. The second kappa shape index (κ2) is 5.97. The van der Waals surface area contributed by atoms with Gasteiger partial charge in [0, 0.05) is 19.7 Å². The van der Waals surface area contributed by atoms with E-state index in [4.69, 9.17) is 0 Å². The molecule has 6 heteroatoms. The Bertz CT molecular complexity index is 525. The lowest BCUT2D eigenvalue weighted by Crippen LogP contribution is -2.07. The van der Waals surface area contributed by atoms with Gasteiger partial charge in [-0.1, -0.05) is 53.4 Å². The van der Waals surface area contributed by atoms with Gasteiger partial charge in [0.1, 0.15) is 0 Å². The first-order chi connectivity index (χ1) is 8.66. The number of hydrogen-bond acceptors (Lipinski definition) is 6. The molecular formula is C12H13N3OS2. The van der Waals surface area contributed by atoms with Crippen LogP contribution in [0.2, 0.25) is 0 Å². The second-order valence-electron chi connectivity index (χ2n) is 3.82. The van der Waals surface area contributed by atoms with Crippen LogP contribution in [-0.4, -0.2) is 35.8 Å². The zero-order chi connectivity index (χ0) is 13.0. The van der Waals surface area contributed by atoms with Crippen molar-refractivity contribution >= 4 is 34.0 Å². The van der Waals surface area contributed by atoms with Crippen LogP contribution in [0.3, 0.4) is 0 Å². The Morgan fingerprint density at radius 3 is 2.61 bits per heavy atom. The minimum atomic E-state index is 0.113. The van der Waals surface area contributed by atoms with Crippen molar-refractivity contribution in [2.45, 2.75) is 4.34 Å². The quantitative estimate of drug-likeness (QED) is 0.622. The van der Waals surface area contributed by atoms with E-state index in [9.17, 15) is 4.79 Å². The van der Waals surface area contributed by atoms with Crippen LogP contribution in [0.5, 0.6) is 0 Å². The number of anilines is 1. The number of aromatic nitrogens is 2. The molecule has 1 aromatic heterocycles. The van der Waals surface area contributed by atoms with Crippen molar-refractivity contribution in [3.63, 3.8) is 0 Å². The molecule has 0 bridgehead atoms. The van der Waals surface area contributed by atoms with Crippen molar-refractivity contribution in [2.24, 2.45) is 0 Å². The number of nitrogens with zero attached hydrogens (tertiary/aromatic N) is 3. The Balaban J connectivity index is 1.93. The molecule has 0 aliphatic carbocycles. The van der Waals surface area contributed by atoms with Crippen LogP contribution in [0.15, 0.2) is 34.7 Å². The van der Waals surface area contributed by atoms with E-state index in [1.807, 2.05) is 49.3 Å². The van der Waals surface area contributed by atoms with Gasteiger partial charge in [0.05, 0.1) is 5.75 Å². The lowest BCUT2D eigenvalue weighted by atomic mass is 10.2. The largest absolute Gasteiger partial charge is 0.353 e. The topological polar surface area (TPSA) is 46.1 Å². The summed E-state index contributed by atoms with van der Waals surface area (Å²) in [6, 6.07) is 9.29. The highest BCUT2D eigenvalue weighted by molar-refractivity contribution is 8.01. The molecule has 0 radical (unpaired) electrons. The van der Waals surface area contributed by atoms with E-state index in [0.29, 0.717) is 5.75 Å². The zero-order valence-corrected chi connectivity index (χ0v) is 11.8. The van der Waals surface area contributed by atoms with Gasteiger partial charge in [-0.05, 0) is 0 Å². The van der Waals surface area contributed by atoms with Crippen molar-refractivity contribution in [3.8, 4) is 0 Å². The van der Waals surface area contributed by atoms with Crippen molar-refractivity contribution in [2.75, 3.05) is 24.7 Å². The number of ketones is 1. The summed E-state index contributed by atoms with van der Waals surface area (Å²) in [4.78, 5) is 13.8. The fraction of sp³-hybridized carbons (Fsp3) is 0.250. The zero-order valence-electron chi connectivity index (χ0n) is 10.2. The number of hydrogen-bond donors (Lipinski definition) is 0. The minimum absolute atomic E-state index is 0.113. The van der Waals surface area contributed by atoms with Crippen LogP contribution in [-0.2, 0) is 0 Å². The molecule has 0 N–H and O–H groups in total. The predicted octanol–water partition coefficient (Wildman–Crippen LogP) is 2.58. The SMILES string of the molecule is CN(C)c1nnc(SCC(=O)c2ccccc2)s1. The van der Waals surface area contributed by atoms with Gasteiger partial charge in [-0.25, -0.2) is 0 Å². The molecule has 0 saturated heterocycles. The lowest BCUT2D eigenvalue weighted by molar-refractivity contribution is 0.102. The van der Waals surface area contributed by atoms with Gasteiger partial charge in [0.2, 0.25) is 5.13 Å². The minimum Gasteiger partial charge on any atom is -0.353 e. The third-order valence-corrected chi connectivity index (χ3v) is 4.43. The van der Waals surface area contributed by atoms with Gasteiger partial charge >= 0.3 is 0 Å². The maximum absolute atomic E-state index is 11.9. The first-order valence-corrected chi connectivity index (χ1v) is 7.19. The highest BCUT2D eigenvalue weighted by Crippen LogP contribution is 2.27. The number of thioether (sulfide) groups is 1. The molecule has 0 amide bonds. The van der Waals surface area contributed by atoms with E-state index < -0.39 is 0 Å². The van der Waals surface area contributed by atoms with Crippen LogP contribution in [0.1, 0.15) is 10.4 Å². The third-order valence-electron chi connectivity index (χ3n) is 2.20. The predicted molar refractivity (Wildman–Crippen MR) is 75.7 cm³/mol. The Morgan fingerprint density at radius 2 is 2.00 bits per heavy atom. The number of carbonyl (C=O) groups excluding carboxylic acids is 1. The molecule has 0 atom stereocenters. The molecule has 18 heavy (non-hydrogen) atoms. The Hall–Kier alpha value is -1.40. The number of benzene rings is 1. The molecule has 1 aromatic carbocycles. The lowest BCUT2D eigenvalue weighted by Gasteiger charge is -2.03. The summed E-state index contributed by atoms with van der Waals surface area (Å²) in [6.45, 7) is 0. The average molecular weight is 279 g/mol. The summed E-state index contributed by atoms with van der Waals surface area (Å²) in [6.07, 6.45) is 0. The van der Waals surface area contributed by atoms with E-state index in [0.717, 1.165) is 15.0 Å². The van der Waals surface area contributed by atoms with E-state index in [1.54, 1.807) is 0 Å². The maximum Gasteiger partial charge on any atom is 0.208 e. The van der Waals surface area contributed by atoms with Crippen molar-refractivity contribution < 1.29 is 4.79 Å². The molecular weight excluding hydrogens is 266 g/mol. The van der Waals surface area contributed by atoms with Gasteiger partial charge in [0.25, 0.3) is 0 Å². The third kappa shape index (κ3) is 3.30. The summed E-state index contributed by atoms with van der Waals surface area (Å²) in [7, 11) is 3.84. The Labute approximate surface area is 114 Å². The normalized spacial score (nSPS) is 10.3. The highest BCUT2D eigenvalue weighted by Gasteiger charge is 2.10. The fourth-order valence-electron chi connectivity index (χ4n) is 1.28. The highest BCUT2D eigenvalue weighted by atomic mass is 32.2. The van der Waals surface area contributed by atoms with Gasteiger partial charge in [0.15, 0.2) is 10.1 Å². The molecule has 2 aromatic rings. The van der Waals surface area contributed by atoms with Gasteiger partial charge in [-0.15, -0.1) is 10.2 Å². The first-order valence-electron chi connectivity index (χ1n) is 5.38. The number of rotatable bonds is 5. The van der Waals surface area contributed by atoms with Gasteiger partial charge < -0.3 is 4.90 Å². The fourth-order valence-corrected chi connectivity index (χ4v) is 2.93. The van der Waals surface area contributed by atoms with Crippen molar-refractivity contribution in [1.29, 1.82) is 0 Å². The molecule has 0 spiro atoms. The molecule has 0 aliphatic rings. The van der Waals surface area contributed by atoms with E-state index in [-0.39, 0.29) is 5.78 Å².